The van der Waals surface area contributed by atoms with Crippen LogP contribution < -0.4 is 0 Å². The van der Waals surface area contributed by atoms with Gasteiger partial charge in [-0.3, -0.25) is 4.98 Å². The fourth-order valence-electron chi connectivity index (χ4n) is 6.79. The van der Waals surface area contributed by atoms with Gasteiger partial charge in [-0.1, -0.05) is 90.9 Å². The van der Waals surface area contributed by atoms with Crippen molar-refractivity contribution in [3.63, 3.8) is 0 Å². The van der Waals surface area contributed by atoms with Crippen molar-refractivity contribution in [3.05, 3.63) is 146 Å². The molecule has 0 bridgehead atoms. The average Bonchev–Trinajstić information content (AvgIpc) is 3.73. The SMILES string of the molecule is [2H]c1c([2H])c([2H])c(-c2nc(-c3ccc(-n4c5ccccc5c5c6c7ccccc7sc6c6ccccc6c54)cc3)nc3cccnc23)c([2H])c1[2H]. The molecular weight excluding hydrogens is 581 g/mol. The van der Waals surface area contributed by atoms with E-state index < -0.39 is 18.1 Å². The molecule has 6 aromatic carbocycles. The lowest BCUT2D eigenvalue weighted by molar-refractivity contribution is 1.18. The fraction of sp³-hybridized carbons (Fsp3) is 0. The van der Waals surface area contributed by atoms with Crippen LogP contribution in [0.25, 0.3) is 92.1 Å². The van der Waals surface area contributed by atoms with Gasteiger partial charge in [0.25, 0.3) is 0 Å². The maximum atomic E-state index is 8.64. The first-order valence-electron chi connectivity index (χ1n) is 17.5. The minimum Gasteiger partial charge on any atom is -0.309 e. The zero-order valence-electron chi connectivity index (χ0n) is 29.2. The van der Waals surface area contributed by atoms with E-state index in [9.17, 15) is 0 Å². The number of para-hydroxylation sites is 1. The Kier molecular flexibility index (Phi) is 4.46. The Labute approximate surface area is 274 Å². The van der Waals surface area contributed by atoms with Crippen molar-refractivity contribution in [2.24, 2.45) is 0 Å². The van der Waals surface area contributed by atoms with Crippen LogP contribution in [-0.2, 0) is 0 Å². The zero-order chi connectivity index (χ0) is 34.5. The molecular formula is C41H24N4S. The molecule has 0 unspecified atom stereocenters. The summed E-state index contributed by atoms with van der Waals surface area (Å²) in [5.41, 5.74) is 5.00. The second kappa shape index (κ2) is 9.80. The predicted molar refractivity (Wildman–Crippen MR) is 193 cm³/mol. The van der Waals surface area contributed by atoms with E-state index >= 15 is 0 Å². The monoisotopic (exact) mass is 609 g/mol. The molecule has 10 rings (SSSR count). The molecule has 0 aliphatic carbocycles. The number of fused-ring (bicyclic) bond motifs is 11. The average molecular weight is 610 g/mol. The molecule has 10 aromatic rings. The topological polar surface area (TPSA) is 43.6 Å². The Balaban J connectivity index is 1.22. The minimum absolute atomic E-state index is 0.00519. The quantitative estimate of drug-likeness (QED) is 0.200. The molecule has 0 N–H and O–H groups in total. The molecule has 0 saturated heterocycles. The van der Waals surface area contributed by atoms with Crippen LogP contribution in [0.5, 0.6) is 0 Å². The van der Waals surface area contributed by atoms with Gasteiger partial charge in [-0.05, 0) is 48.5 Å². The van der Waals surface area contributed by atoms with Crippen LogP contribution >= 0.6 is 11.3 Å². The van der Waals surface area contributed by atoms with Gasteiger partial charge in [0.2, 0.25) is 0 Å². The lowest BCUT2D eigenvalue weighted by Crippen LogP contribution is -1.98. The summed E-state index contributed by atoms with van der Waals surface area (Å²) in [6.07, 6.45) is 1.58. The van der Waals surface area contributed by atoms with E-state index in [2.05, 4.69) is 94.5 Å². The van der Waals surface area contributed by atoms with Crippen molar-refractivity contribution in [2.45, 2.75) is 0 Å². The Hall–Kier alpha value is -5.91. The summed E-state index contributed by atoms with van der Waals surface area (Å²) in [5, 5.41) is 7.35. The van der Waals surface area contributed by atoms with Gasteiger partial charge in [-0.25, -0.2) is 9.97 Å². The molecule has 4 aromatic heterocycles. The summed E-state index contributed by atoms with van der Waals surface area (Å²) < 4.78 is 46.8. The highest BCUT2D eigenvalue weighted by Gasteiger charge is 2.21. The number of nitrogens with zero attached hydrogens (tertiary/aromatic N) is 4. The first-order valence-corrected chi connectivity index (χ1v) is 15.8. The third kappa shape index (κ3) is 3.63. The van der Waals surface area contributed by atoms with Crippen molar-refractivity contribution in [3.8, 4) is 28.3 Å². The van der Waals surface area contributed by atoms with Gasteiger partial charge in [0.1, 0.15) is 11.2 Å². The van der Waals surface area contributed by atoms with E-state index in [0.29, 0.717) is 16.9 Å². The molecule has 0 amide bonds. The van der Waals surface area contributed by atoms with Crippen molar-refractivity contribution in [1.82, 2.24) is 19.5 Å². The first kappa shape index (κ1) is 20.9. The molecule has 0 aliphatic rings. The van der Waals surface area contributed by atoms with E-state index in [-0.39, 0.29) is 23.3 Å². The number of pyridine rings is 1. The number of benzene rings is 6. The van der Waals surface area contributed by atoms with Crippen LogP contribution in [0.1, 0.15) is 6.85 Å². The predicted octanol–water partition coefficient (Wildman–Crippen LogP) is 11.0. The molecule has 0 radical (unpaired) electrons. The molecule has 4 nitrogen and oxygen atoms in total. The van der Waals surface area contributed by atoms with Gasteiger partial charge in [0.05, 0.1) is 23.4 Å². The number of hydrogen-bond acceptors (Lipinski definition) is 4. The lowest BCUT2D eigenvalue weighted by atomic mass is 10.00. The summed E-state index contributed by atoms with van der Waals surface area (Å²) in [5.74, 6) is 0.364. The maximum absolute atomic E-state index is 8.64. The van der Waals surface area contributed by atoms with Crippen LogP contribution in [0.3, 0.4) is 0 Å². The van der Waals surface area contributed by atoms with Crippen LogP contribution in [0.2, 0.25) is 0 Å². The van der Waals surface area contributed by atoms with Crippen molar-refractivity contribution in [2.75, 3.05) is 0 Å². The highest BCUT2D eigenvalue weighted by Crippen LogP contribution is 2.47. The number of aromatic nitrogens is 4. The van der Waals surface area contributed by atoms with Crippen molar-refractivity contribution in [1.29, 1.82) is 0 Å². The Morgan fingerprint density at radius 3 is 2.20 bits per heavy atom. The zero-order valence-corrected chi connectivity index (χ0v) is 25.0. The minimum atomic E-state index is -0.457. The fourth-order valence-corrected chi connectivity index (χ4v) is 8.03. The molecule has 5 heteroatoms. The Bertz CT molecular complexity index is 3070. The second-order valence-corrected chi connectivity index (χ2v) is 12.3. The highest BCUT2D eigenvalue weighted by atomic mass is 32.1. The normalized spacial score (nSPS) is 13.4. The molecule has 46 heavy (non-hydrogen) atoms. The molecule has 0 atom stereocenters. The molecule has 0 fully saturated rings. The Morgan fingerprint density at radius 2 is 1.35 bits per heavy atom. The standard InChI is InChI=1S/C41H24N4S/c1-2-11-25(12-3-1)37-38-32(17-10-24-42-38)43-41(44-37)26-20-22-27(23-21-26)45-33-18-8-6-15-30(33)35-36-31-16-7-9-19-34(31)46-40(36)29-14-5-4-13-28(29)39(35)45/h1-24H/i1D,2D,3D,11D,12D. The van der Waals surface area contributed by atoms with Crippen LogP contribution in [0.4, 0.5) is 0 Å². The summed E-state index contributed by atoms with van der Waals surface area (Å²) >= 11 is 1.84. The molecule has 4 heterocycles. The molecule has 0 spiro atoms. The van der Waals surface area contributed by atoms with Gasteiger partial charge in [0.15, 0.2) is 5.82 Å². The summed E-state index contributed by atoms with van der Waals surface area (Å²) in [6, 6.07) is 35.5. The number of thiophene rings is 1. The van der Waals surface area contributed by atoms with E-state index in [1.54, 1.807) is 18.3 Å². The largest absolute Gasteiger partial charge is 0.309 e. The lowest BCUT2D eigenvalue weighted by Gasteiger charge is -2.12. The number of rotatable bonds is 3. The Morgan fingerprint density at radius 1 is 0.609 bits per heavy atom. The second-order valence-electron chi connectivity index (χ2n) is 11.2. The third-order valence-corrected chi connectivity index (χ3v) is 9.93. The van der Waals surface area contributed by atoms with Crippen molar-refractivity contribution < 1.29 is 6.85 Å². The van der Waals surface area contributed by atoms with E-state index in [4.69, 9.17) is 16.8 Å². The van der Waals surface area contributed by atoms with E-state index in [0.717, 1.165) is 22.3 Å². The van der Waals surface area contributed by atoms with E-state index in [1.807, 2.05) is 23.5 Å². The summed E-state index contributed by atoms with van der Waals surface area (Å²) in [7, 11) is 0. The maximum Gasteiger partial charge on any atom is 0.160 e. The van der Waals surface area contributed by atoms with Crippen LogP contribution in [-0.4, -0.2) is 19.5 Å². The van der Waals surface area contributed by atoms with Gasteiger partial charge in [0, 0.05) is 64.7 Å². The summed E-state index contributed by atoms with van der Waals surface area (Å²) in [4.78, 5) is 14.1. The van der Waals surface area contributed by atoms with Crippen molar-refractivity contribution >= 4 is 75.1 Å². The van der Waals surface area contributed by atoms with Gasteiger partial charge < -0.3 is 4.57 Å². The van der Waals surface area contributed by atoms with Gasteiger partial charge in [-0.2, -0.15) is 0 Å². The van der Waals surface area contributed by atoms with Gasteiger partial charge in [-0.15, -0.1) is 11.3 Å². The molecule has 214 valence electrons. The molecule has 0 saturated carbocycles. The van der Waals surface area contributed by atoms with Gasteiger partial charge >= 0.3 is 0 Å². The smallest absolute Gasteiger partial charge is 0.160 e. The van der Waals surface area contributed by atoms with Crippen LogP contribution in [0, 0.1) is 0 Å². The van der Waals surface area contributed by atoms with Crippen LogP contribution in [0.15, 0.2) is 146 Å². The third-order valence-electron chi connectivity index (χ3n) is 8.72. The van der Waals surface area contributed by atoms with E-state index in [1.165, 1.54) is 41.7 Å². The molecule has 0 aliphatic heterocycles. The first-order chi connectivity index (χ1) is 24.9. The number of hydrogen-bond donors (Lipinski definition) is 0. The highest BCUT2D eigenvalue weighted by molar-refractivity contribution is 7.27. The summed E-state index contributed by atoms with van der Waals surface area (Å²) in [6.45, 7) is 0.